The lowest BCUT2D eigenvalue weighted by molar-refractivity contribution is 0.415. The van der Waals surface area contributed by atoms with Crippen LogP contribution in [0.5, 0.6) is 5.75 Å². The Bertz CT molecular complexity index is 816. The maximum Gasteiger partial charge on any atom is 0.127 e. The molecule has 0 aliphatic carbocycles. The molecule has 0 fully saturated rings. The summed E-state index contributed by atoms with van der Waals surface area (Å²) in [5.74, 6) is 0.809. The van der Waals surface area contributed by atoms with E-state index in [1.165, 1.54) is 0 Å². The number of nitrogen functional groups attached to an aromatic ring is 2. The summed E-state index contributed by atoms with van der Waals surface area (Å²) in [6.45, 7) is 0. The minimum atomic E-state index is 0.740. The molecule has 0 spiro atoms. The van der Waals surface area contributed by atoms with Gasteiger partial charge in [0.25, 0.3) is 0 Å². The Labute approximate surface area is 140 Å². The van der Waals surface area contributed by atoms with Crippen LogP contribution in [-0.2, 0) is 0 Å². The molecule has 4 heteroatoms. The molecule has 0 amide bonds. The smallest absolute Gasteiger partial charge is 0.127 e. The number of nitrogens with two attached hydrogens (primary N) is 2. The minimum absolute atomic E-state index is 0.740. The Morgan fingerprint density at radius 3 is 2.17 bits per heavy atom. The second-order valence-corrected chi connectivity index (χ2v) is 6.27. The summed E-state index contributed by atoms with van der Waals surface area (Å²) in [5.41, 5.74) is 15.3. The monoisotopic (exact) mass is 322 g/mol. The first-order valence-corrected chi connectivity index (χ1v) is 8.05. The summed E-state index contributed by atoms with van der Waals surface area (Å²) in [5, 5.41) is 0. The maximum atomic E-state index is 6.08. The molecule has 0 atom stereocenters. The zero-order valence-electron chi connectivity index (χ0n) is 12.8. The van der Waals surface area contributed by atoms with Crippen molar-refractivity contribution in [3.8, 4) is 16.9 Å². The van der Waals surface area contributed by atoms with Crippen LogP contribution in [0.15, 0.2) is 76.5 Å². The fourth-order valence-corrected chi connectivity index (χ4v) is 3.22. The number of anilines is 2. The third-order valence-electron chi connectivity index (χ3n) is 3.54. The van der Waals surface area contributed by atoms with Gasteiger partial charge in [0.1, 0.15) is 5.75 Å². The van der Waals surface area contributed by atoms with Crippen molar-refractivity contribution in [3.63, 3.8) is 0 Å². The van der Waals surface area contributed by atoms with E-state index in [-0.39, 0.29) is 0 Å². The van der Waals surface area contributed by atoms with E-state index in [1.807, 2.05) is 60.7 Å². The van der Waals surface area contributed by atoms with E-state index in [9.17, 15) is 0 Å². The van der Waals surface area contributed by atoms with Crippen LogP contribution in [0.25, 0.3) is 11.1 Å². The van der Waals surface area contributed by atoms with Crippen LogP contribution in [0, 0.1) is 0 Å². The van der Waals surface area contributed by atoms with Gasteiger partial charge in [0.2, 0.25) is 0 Å². The highest BCUT2D eigenvalue weighted by molar-refractivity contribution is 7.99. The fourth-order valence-electron chi connectivity index (χ4n) is 2.37. The van der Waals surface area contributed by atoms with Gasteiger partial charge in [-0.05, 0) is 48.5 Å². The Hall–Kier alpha value is -2.59. The van der Waals surface area contributed by atoms with Crippen LogP contribution in [-0.4, -0.2) is 7.11 Å². The molecule has 0 aromatic heterocycles. The Balaban J connectivity index is 1.94. The summed E-state index contributed by atoms with van der Waals surface area (Å²) in [7, 11) is 1.68. The van der Waals surface area contributed by atoms with Gasteiger partial charge >= 0.3 is 0 Å². The van der Waals surface area contributed by atoms with E-state index in [0.717, 1.165) is 38.0 Å². The van der Waals surface area contributed by atoms with Gasteiger partial charge in [0.15, 0.2) is 0 Å². The number of rotatable bonds is 4. The Kier molecular flexibility index (Phi) is 4.44. The van der Waals surface area contributed by atoms with Crippen molar-refractivity contribution in [3.05, 3.63) is 66.7 Å². The van der Waals surface area contributed by atoms with Gasteiger partial charge in [0, 0.05) is 32.3 Å². The lowest BCUT2D eigenvalue weighted by atomic mass is 10.0. The first-order valence-electron chi connectivity index (χ1n) is 7.23. The van der Waals surface area contributed by atoms with Crippen molar-refractivity contribution in [2.75, 3.05) is 18.6 Å². The van der Waals surface area contributed by atoms with Gasteiger partial charge in [0.05, 0.1) is 7.11 Å². The van der Waals surface area contributed by atoms with Gasteiger partial charge in [-0.3, -0.25) is 0 Å². The topological polar surface area (TPSA) is 61.3 Å². The van der Waals surface area contributed by atoms with Gasteiger partial charge < -0.3 is 16.2 Å². The van der Waals surface area contributed by atoms with Crippen molar-refractivity contribution in [2.24, 2.45) is 0 Å². The molecule has 23 heavy (non-hydrogen) atoms. The molecule has 0 heterocycles. The molecular formula is C19H18N2OS. The molecule has 0 unspecified atom stereocenters. The molecule has 0 bridgehead atoms. The summed E-state index contributed by atoms with van der Waals surface area (Å²) in [6.07, 6.45) is 0. The molecule has 0 aliphatic heterocycles. The quantitative estimate of drug-likeness (QED) is 0.685. The third kappa shape index (κ3) is 3.43. The highest BCUT2D eigenvalue weighted by Gasteiger charge is 2.10. The van der Waals surface area contributed by atoms with E-state index in [2.05, 4.69) is 6.07 Å². The second kappa shape index (κ2) is 6.67. The molecule has 4 N–H and O–H groups in total. The van der Waals surface area contributed by atoms with Gasteiger partial charge in [-0.2, -0.15) is 0 Å². The molecule has 3 aromatic carbocycles. The highest BCUT2D eigenvalue weighted by Crippen LogP contribution is 2.38. The average Bonchev–Trinajstić information content (AvgIpc) is 2.57. The summed E-state index contributed by atoms with van der Waals surface area (Å²) in [6, 6.07) is 21.8. The van der Waals surface area contributed by atoms with Crippen LogP contribution in [0.2, 0.25) is 0 Å². The largest absolute Gasteiger partial charge is 0.496 e. The van der Waals surface area contributed by atoms with Crippen molar-refractivity contribution < 1.29 is 4.74 Å². The van der Waals surface area contributed by atoms with Crippen molar-refractivity contribution in [2.45, 2.75) is 9.79 Å². The van der Waals surface area contributed by atoms with Crippen LogP contribution >= 0.6 is 11.8 Å². The van der Waals surface area contributed by atoms with Crippen molar-refractivity contribution in [1.29, 1.82) is 0 Å². The first kappa shape index (κ1) is 15.3. The number of benzene rings is 3. The van der Waals surface area contributed by atoms with E-state index < -0.39 is 0 Å². The Morgan fingerprint density at radius 2 is 1.48 bits per heavy atom. The van der Waals surface area contributed by atoms with E-state index in [0.29, 0.717) is 0 Å². The zero-order valence-corrected chi connectivity index (χ0v) is 13.6. The molecule has 0 aliphatic rings. The third-order valence-corrected chi connectivity index (χ3v) is 4.54. The summed E-state index contributed by atoms with van der Waals surface area (Å²) < 4.78 is 5.56. The van der Waals surface area contributed by atoms with Gasteiger partial charge in [-0.25, -0.2) is 0 Å². The van der Waals surface area contributed by atoms with E-state index in [1.54, 1.807) is 18.9 Å². The number of ether oxygens (including phenoxy) is 1. The summed E-state index contributed by atoms with van der Waals surface area (Å²) >= 11 is 1.67. The van der Waals surface area contributed by atoms with Crippen LogP contribution in [0.4, 0.5) is 11.4 Å². The zero-order chi connectivity index (χ0) is 16.2. The van der Waals surface area contributed by atoms with Gasteiger partial charge in [-0.15, -0.1) is 0 Å². The van der Waals surface area contributed by atoms with Gasteiger partial charge in [-0.1, -0.05) is 30.0 Å². The SMILES string of the molecule is COc1cc(Sc2ccc(N)cc2)ccc1-c1ccccc1N. The standard InChI is InChI=1S/C19H18N2OS/c1-22-19-12-15(23-14-8-6-13(20)7-9-14)10-11-17(19)16-4-2-3-5-18(16)21/h2-12H,20-21H2,1H3. The number of hydrogen-bond acceptors (Lipinski definition) is 4. The Morgan fingerprint density at radius 1 is 0.783 bits per heavy atom. The van der Waals surface area contributed by atoms with E-state index in [4.69, 9.17) is 16.2 Å². The number of hydrogen-bond donors (Lipinski definition) is 2. The summed E-state index contributed by atoms with van der Waals surface area (Å²) in [4.78, 5) is 2.23. The molecule has 116 valence electrons. The molecule has 0 saturated carbocycles. The number of methoxy groups -OCH3 is 1. The predicted molar refractivity (Wildman–Crippen MR) is 97.8 cm³/mol. The molecule has 3 rings (SSSR count). The minimum Gasteiger partial charge on any atom is -0.496 e. The molecule has 0 saturated heterocycles. The average molecular weight is 322 g/mol. The highest BCUT2D eigenvalue weighted by atomic mass is 32.2. The predicted octanol–water partition coefficient (Wildman–Crippen LogP) is 4.68. The fraction of sp³-hybridized carbons (Fsp3) is 0.0526. The normalized spacial score (nSPS) is 10.5. The number of para-hydroxylation sites is 1. The van der Waals surface area contributed by atoms with Crippen LogP contribution in [0.3, 0.4) is 0 Å². The van der Waals surface area contributed by atoms with Crippen LogP contribution in [0.1, 0.15) is 0 Å². The lowest BCUT2D eigenvalue weighted by Gasteiger charge is -2.12. The van der Waals surface area contributed by atoms with Crippen LogP contribution < -0.4 is 16.2 Å². The first-order chi connectivity index (χ1) is 11.2. The molecule has 3 aromatic rings. The lowest BCUT2D eigenvalue weighted by Crippen LogP contribution is -1.93. The van der Waals surface area contributed by atoms with E-state index >= 15 is 0 Å². The maximum absolute atomic E-state index is 6.08. The van der Waals surface area contributed by atoms with Crippen molar-refractivity contribution >= 4 is 23.1 Å². The van der Waals surface area contributed by atoms with Crippen molar-refractivity contribution in [1.82, 2.24) is 0 Å². The second-order valence-electron chi connectivity index (χ2n) is 5.12. The molecular weight excluding hydrogens is 304 g/mol. The molecule has 3 nitrogen and oxygen atoms in total. The molecule has 0 radical (unpaired) electrons.